The van der Waals surface area contributed by atoms with E-state index < -0.39 is 0 Å². The fraction of sp³-hybridized carbons (Fsp3) is 0.471. The highest BCUT2D eigenvalue weighted by Gasteiger charge is 2.11. The lowest BCUT2D eigenvalue weighted by molar-refractivity contribution is 0.641. The molecule has 3 heteroatoms. The summed E-state index contributed by atoms with van der Waals surface area (Å²) >= 11 is 1.84. The summed E-state index contributed by atoms with van der Waals surface area (Å²) in [6.45, 7) is 6.50. The van der Waals surface area contributed by atoms with Crippen LogP contribution < -0.4 is 5.32 Å². The first-order valence-corrected chi connectivity index (χ1v) is 8.41. The van der Waals surface area contributed by atoms with Gasteiger partial charge in [0.25, 0.3) is 0 Å². The first kappa shape index (κ1) is 15.2. The van der Waals surface area contributed by atoms with E-state index in [1.807, 2.05) is 11.3 Å². The lowest BCUT2D eigenvalue weighted by Gasteiger charge is -2.03. The molecule has 108 valence electrons. The van der Waals surface area contributed by atoms with Gasteiger partial charge in [0.1, 0.15) is 5.01 Å². The Morgan fingerprint density at radius 1 is 1.10 bits per heavy atom. The Labute approximate surface area is 126 Å². The molecule has 0 aliphatic heterocycles. The van der Waals surface area contributed by atoms with Crippen LogP contribution >= 0.6 is 11.3 Å². The highest BCUT2D eigenvalue weighted by atomic mass is 32.1. The van der Waals surface area contributed by atoms with Gasteiger partial charge < -0.3 is 5.32 Å². The van der Waals surface area contributed by atoms with Gasteiger partial charge in [0.05, 0.1) is 5.69 Å². The van der Waals surface area contributed by atoms with Crippen LogP contribution in [-0.4, -0.2) is 11.5 Å². The van der Waals surface area contributed by atoms with Crippen molar-refractivity contribution >= 4 is 11.3 Å². The molecule has 0 saturated carbocycles. The van der Waals surface area contributed by atoms with E-state index in [0.29, 0.717) is 0 Å². The van der Waals surface area contributed by atoms with Crippen molar-refractivity contribution in [1.82, 2.24) is 10.3 Å². The van der Waals surface area contributed by atoms with Crippen LogP contribution in [0.25, 0.3) is 10.6 Å². The SMILES string of the molecule is CCCCNCc1sc(-c2ccccc2)nc1CCC. The highest BCUT2D eigenvalue weighted by Crippen LogP contribution is 2.28. The Balaban J connectivity index is 2.11. The number of thiazole rings is 1. The molecule has 2 rings (SSSR count). The first-order chi connectivity index (χ1) is 9.85. The smallest absolute Gasteiger partial charge is 0.123 e. The zero-order chi connectivity index (χ0) is 14.2. The van der Waals surface area contributed by atoms with Crippen molar-refractivity contribution in [1.29, 1.82) is 0 Å². The molecule has 2 nitrogen and oxygen atoms in total. The van der Waals surface area contributed by atoms with Crippen LogP contribution in [-0.2, 0) is 13.0 Å². The van der Waals surface area contributed by atoms with E-state index in [4.69, 9.17) is 4.98 Å². The monoisotopic (exact) mass is 288 g/mol. The van der Waals surface area contributed by atoms with Crippen LogP contribution in [0.15, 0.2) is 30.3 Å². The van der Waals surface area contributed by atoms with Gasteiger partial charge in [0, 0.05) is 17.0 Å². The number of aryl methyl sites for hydroxylation is 1. The molecular weight excluding hydrogens is 264 g/mol. The molecule has 0 aliphatic carbocycles. The maximum absolute atomic E-state index is 4.85. The second kappa shape index (κ2) is 8.18. The highest BCUT2D eigenvalue weighted by molar-refractivity contribution is 7.15. The second-order valence-corrected chi connectivity index (χ2v) is 6.12. The lowest BCUT2D eigenvalue weighted by atomic mass is 10.2. The number of benzene rings is 1. The lowest BCUT2D eigenvalue weighted by Crippen LogP contribution is -2.14. The number of rotatable bonds is 8. The second-order valence-electron chi connectivity index (χ2n) is 5.04. The molecule has 0 aliphatic rings. The van der Waals surface area contributed by atoms with Gasteiger partial charge in [-0.15, -0.1) is 11.3 Å². The molecule has 0 unspecified atom stereocenters. The van der Waals surface area contributed by atoms with Crippen molar-refractivity contribution in [2.24, 2.45) is 0 Å². The minimum absolute atomic E-state index is 0.958. The zero-order valence-electron chi connectivity index (χ0n) is 12.5. The molecule has 0 atom stereocenters. The number of aromatic nitrogens is 1. The van der Waals surface area contributed by atoms with Crippen molar-refractivity contribution in [2.75, 3.05) is 6.54 Å². The van der Waals surface area contributed by atoms with Gasteiger partial charge in [-0.25, -0.2) is 4.98 Å². The van der Waals surface area contributed by atoms with Gasteiger partial charge in [-0.3, -0.25) is 0 Å². The summed E-state index contributed by atoms with van der Waals surface area (Å²) in [6, 6.07) is 10.5. The van der Waals surface area contributed by atoms with Crippen LogP contribution in [0.4, 0.5) is 0 Å². The van der Waals surface area contributed by atoms with E-state index in [-0.39, 0.29) is 0 Å². The van der Waals surface area contributed by atoms with Crippen LogP contribution in [0.5, 0.6) is 0 Å². The molecule has 0 bridgehead atoms. The van der Waals surface area contributed by atoms with Crippen LogP contribution in [0, 0.1) is 0 Å². The molecule has 1 aromatic carbocycles. The predicted octanol–water partition coefficient (Wildman–Crippen LogP) is 4.65. The van der Waals surface area contributed by atoms with Crippen molar-refractivity contribution < 1.29 is 0 Å². The summed E-state index contributed by atoms with van der Waals surface area (Å²) in [4.78, 5) is 6.25. The van der Waals surface area contributed by atoms with E-state index >= 15 is 0 Å². The topological polar surface area (TPSA) is 24.9 Å². The van der Waals surface area contributed by atoms with Crippen molar-refractivity contribution in [3.63, 3.8) is 0 Å². The Morgan fingerprint density at radius 3 is 2.60 bits per heavy atom. The van der Waals surface area contributed by atoms with Gasteiger partial charge >= 0.3 is 0 Å². The van der Waals surface area contributed by atoms with Gasteiger partial charge in [-0.05, 0) is 19.4 Å². The van der Waals surface area contributed by atoms with E-state index in [2.05, 4.69) is 49.5 Å². The molecule has 0 radical (unpaired) electrons. The maximum atomic E-state index is 4.85. The zero-order valence-corrected chi connectivity index (χ0v) is 13.3. The Morgan fingerprint density at radius 2 is 1.90 bits per heavy atom. The summed E-state index contributed by atoms with van der Waals surface area (Å²) in [5.41, 5.74) is 2.51. The summed E-state index contributed by atoms with van der Waals surface area (Å²) < 4.78 is 0. The predicted molar refractivity (Wildman–Crippen MR) is 88.2 cm³/mol. The standard InChI is InChI=1S/C17H24N2S/c1-3-5-12-18-13-16-15(9-4-2)19-17(20-16)14-10-7-6-8-11-14/h6-8,10-11,18H,3-5,9,12-13H2,1-2H3. The number of nitrogens with one attached hydrogen (secondary N) is 1. The fourth-order valence-electron chi connectivity index (χ4n) is 2.16. The molecule has 0 spiro atoms. The van der Waals surface area contributed by atoms with Crippen molar-refractivity contribution in [2.45, 2.75) is 46.1 Å². The fourth-order valence-corrected chi connectivity index (χ4v) is 3.24. The minimum atomic E-state index is 0.958. The molecule has 0 fully saturated rings. The molecule has 1 heterocycles. The summed E-state index contributed by atoms with van der Waals surface area (Å²) in [5, 5.41) is 4.69. The number of hydrogen-bond donors (Lipinski definition) is 1. The van der Waals surface area contributed by atoms with Crippen LogP contribution in [0.1, 0.15) is 43.7 Å². The van der Waals surface area contributed by atoms with Crippen LogP contribution in [0.2, 0.25) is 0 Å². The van der Waals surface area contributed by atoms with Gasteiger partial charge in [0.15, 0.2) is 0 Å². The molecule has 20 heavy (non-hydrogen) atoms. The average molecular weight is 288 g/mol. The van der Waals surface area contributed by atoms with E-state index in [1.54, 1.807) is 0 Å². The molecule has 1 N–H and O–H groups in total. The summed E-state index contributed by atoms with van der Waals surface area (Å²) in [7, 11) is 0. The summed E-state index contributed by atoms with van der Waals surface area (Å²) in [5.74, 6) is 0. The Kier molecular flexibility index (Phi) is 6.22. The molecule has 1 aromatic heterocycles. The molecular formula is C17H24N2S. The number of nitrogens with zero attached hydrogens (tertiary/aromatic N) is 1. The Bertz CT molecular complexity index is 505. The van der Waals surface area contributed by atoms with Gasteiger partial charge in [-0.1, -0.05) is 57.0 Å². The molecule has 0 amide bonds. The molecule has 0 saturated heterocycles. The third-order valence-corrected chi connectivity index (χ3v) is 4.43. The average Bonchev–Trinajstić information content (AvgIpc) is 2.88. The molecule has 2 aromatic rings. The van der Waals surface area contributed by atoms with Gasteiger partial charge in [0.2, 0.25) is 0 Å². The number of unbranched alkanes of at least 4 members (excludes halogenated alkanes) is 1. The number of hydrogen-bond acceptors (Lipinski definition) is 3. The third kappa shape index (κ3) is 4.15. The van der Waals surface area contributed by atoms with E-state index in [9.17, 15) is 0 Å². The Hall–Kier alpha value is -1.19. The van der Waals surface area contributed by atoms with Crippen molar-refractivity contribution in [3.05, 3.63) is 40.9 Å². The third-order valence-electron chi connectivity index (χ3n) is 3.28. The van der Waals surface area contributed by atoms with E-state index in [0.717, 1.165) is 30.9 Å². The largest absolute Gasteiger partial charge is 0.312 e. The first-order valence-electron chi connectivity index (χ1n) is 7.59. The normalized spacial score (nSPS) is 10.9. The van der Waals surface area contributed by atoms with Crippen LogP contribution in [0.3, 0.4) is 0 Å². The van der Waals surface area contributed by atoms with Gasteiger partial charge in [-0.2, -0.15) is 0 Å². The quantitative estimate of drug-likeness (QED) is 0.715. The maximum Gasteiger partial charge on any atom is 0.123 e. The minimum Gasteiger partial charge on any atom is -0.312 e. The summed E-state index contributed by atoms with van der Waals surface area (Å²) in [6.07, 6.45) is 4.72. The van der Waals surface area contributed by atoms with Crippen molar-refractivity contribution in [3.8, 4) is 10.6 Å². The van der Waals surface area contributed by atoms with E-state index in [1.165, 1.54) is 29.0 Å².